The summed E-state index contributed by atoms with van der Waals surface area (Å²) in [6.45, 7) is 0. The first-order chi connectivity index (χ1) is 13.9. The maximum Gasteiger partial charge on any atom is 0.420 e. The van der Waals surface area contributed by atoms with E-state index in [9.17, 15) is 13.2 Å². The molecule has 8 heteroatoms. The van der Waals surface area contributed by atoms with E-state index in [0.717, 1.165) is 19.3 Å². The molecule has 29 heavy (non-hydrogen) atoms. The lowest BCUT2D eigenvalue weighted by atomic mass is 9.74. The predicted molar refractivity (Wildman–Crippen MR) is 104 cm³/mol. The lowest BCUT2D eigenvalue weighted by Gasteiger charge is -2.46. The molecule has 0 amide bonds. The number of oxazole rings is 1. The van der Waals surface area contributed by atoms with Crippen LogP contribution in [0.4, 0.5) is 13.2 Å². The van der Waals surface area contributed by atoms with Gasteiger partial charge in [0.1, 0.15) is 11.1 Å². The lowest BCUT2D eigenvalue weighted by molar-refractivity contribution is -0.136. The number of piperidine rings is 1. The van der Waals surface area contributed by atoms with Crippen molar-refractivity contribution >= 4 is 22.7 Å². The minimum absolute atomic E-state index is 0.0867. The molecule has 3 aliphatic rings. The number of alkyl halides is 3. The number of benzene rings is 1. The zero-order valence-electron chi connectivity index (χ0n) is 15.5. The first-order valence-electron chi connectivity index (χ1n) is 9.75. The van der Waals surface area contributed by atoms with Crippen molar-refractivity contribution in [2.75, 3.05) is 0 Å². The zero-order chi connectivity index (χ0) is 20.2. The number of aryl methyl sites for hydroxylation is 1. The SMILES string of the molecule is FC(F)(F)c1c(Cl)cc(-c2ccccn2)c2oc(CCC3CC4CC(C3)N4)nc12. The molecule has 2 unspecified atom stereocenters. The molecule has 2 saturated heterocycles. The average molecular weight is 422 g/mol. The van der Waals surface area contributed by atoms with Gasteiger partial charge in [0.2, 0.25) is 0 Å². The molecule has 0 radical (unpaired) electrons. The summed E-state index contributed by atoms with van der Waals surface area (Å²) in [5, 5.41) is 3.10. The van der Waals surface area contributed by atoms with Gasteiger partial charge in [-0.2, -0.15) is 13.2 Å². The van der Waals surface area contributed by atoms with Crippen LogP contribution in [0.2, 0.25) is 5.02 Å². The normalized spacial score (nSPS) is 23.9. The predicted octanol–water partition coefficient (Wildman–Crippen LogP) is 5.64. The van der Waals surface area contributed by atoms with Crippen LogP contribution >= 0.6 is 11.6 Å². The fourth-order valence-electron chi connectivity index (χ4n) is 4.63. The summed E-state index contributed by atoms with van der Waals surface area (Å²) in [4.78, 5) is 8.47. The van der Waals surface area contributed by atoms with E-state index >= 15 is 0 Å². The van der Waals surface area contributed by atoms with Gasteiger partial charge in [0, 0.05) is 30.3 Å². The van der Waals surface area contributed by atoms with Crippen molar-refractivity contribution in [2.45, 2.75) is 50.4 Å². The monoisotopic (exact) mass is 421 g/mol. The van der Waals surface area contributed by atoms with Gasteiger partial charge in [0.25, 0.3) is 0 Å². The number of hydrogen-bond donors (Lipinski definition) is 1. The summed E-state index contributed by atoms with van der Waals surface area (Å²) in [6, 6.07) is 7.66. The molecular weight excluding hydrogens is 403 g/mol. The molecule has 4 heterocycles. The van der Waals surface area contributed by atoms with Crippen LogP contribution in [0.5, 0.6) is 0 Å². The number of nitrogens with one attached hydrogen (secondary N) is 1. The smallest absolute Gasteiger partial charge is 0.420 e. The summed E-state index contributed by atoms with van der Waals surface area (Å²) >= 11 is 6.04. The lowest BCUT2D eigenvalue weighted by Crippen LogP contribution is -2.57. The number of halogens is 4. The summed E-state index contributed by atoms with van der Waals surface area (Å²) in [5.41, 5.74) is -0.195. The Bertz CT molecular complexity index is 1030. The third-order valence-electron chi connectivity index (χ3n) is 5.93. The van der Waals surface area contributed by atoms with Gasteiger partial charge in [-0.3, -0.25) is 4.98 Å². The summed E-state index contributed by atoms with van der Waals surface area (Å²) in [7, 11) is 0. The highest BCUT2D eigenvalue weighted by molar-refractivity contribution is 6.33. The quantitative estimate of drug-likeness (QED) is 0.592. The molecule has 1 saturated carbocycles. The third-order valence-corrected chi connectivity index (χ3v) is 6.23. The molecule has 2 atom stereocenters. The van der Waals surface area contributed by atoms with Crippen molar-refractivity contribution in [1.82, 2.24) is 15.3 Å². The Morgan fingerprint density at radius 1 is 1.17 bits per heavy atom. The topological polar surface area (TPSA) is 51.0 Å². The van der Waals surface area contributed by atoms with Crippen molar-refractivity contribution in [1.29, 1.82) is 0 Å². The van der Waals surface area contributed by atoms with Gasteiger partial charge < -0.3 is 9.73 Å². The second kappa shape index (κ2) is 6.99. The van der Waals surface area contributed by atoms with Crippen LogP contribution in [0, 0.1) is 5.92 Å². The summed E-state index contributed by atoms with van der Waals surface area (Å²) in [5.74, 6) is 0.869. The molecule has 1 aliphatic carbocycles. The number of nitrogens with zero attached hydrogens (tertiary/aromatic N) is 2. The highest BCUT2D eigenvalue weighted by Gasteiger charge is 2.39. The second-order valence-corrected chi connectivity index (χ2v) is 8.36. The maximum atomic E-state index is 13.7. The number of hydrogen-bond acceptors (Lipinski definition) is 4. The number of rotatable bonds is 4. The van der Waals surface area contributed by atoms with E-state index in [1.54, 1.807) is 24.4 Å². The molecule has 4 nitrogen and oxygen atoms in total. The van der Waals surface area contributed by atoms with Crippen molar-refractivity contribution in [2.24, 2.45) is 5.92 Å². The maximum absolute atomic E-state index is 13.7. The van der Waals surface area contributed by atoms with Crippen LogP contribution in [0.1, 0.15) is 37.1 Å². The molecule has 0 spiro atoms. The third kappa shape index (κ3) is 3.51. The Morgan fingerprint density at radius 2 is 1.93 bits per heavy atom. The average Bonchev–Trinajstić information content (AvgIpc) is 3.08. The molecule has 3 fully saturated rings. The first-order valence-corrected chi connectivity index (χ1v) is 10.1. The Hall–Kier alpha value is -2.12. The van der Waals surface area contributed by atoms with Crippen LogP contribution < -0.4 is 5.32 Å². The minimum Gasteiger partial charge on any atom is -0.440 e. The van der Waals surface area contributed by atoms with Crippen LogP contribution in [0.15, 0.2) is 34.9 Å². The van der Waals surface area contributed by atoms with E-state index < -0.39 is 16.8 Å². The van der Waals surface area contributed by atoms with Crippen molar-refractivity contribution in [3.8, 4) is 11.3 Å². The van der Waals surface area contributed by atoms with Gasteiger partial charge in [-0.05, 0) is 49.8 Å². The van der Waals surface area contributed by atoms with Crippen molar-refractivity contribution < 1.29 is 17.6 Å². The van der Waals surface area contributed by atoms with Gasteiger partial charge in [0.05, 0.1) is 10.7 Å². The molecule has 1 aromatic carbocycles. The van der Waals surface area contributed by atoms with Crippen LogP contribution in [0.25, 0.3) is 22.4 Å². The molecule has 2 bridgehead atoms. The summed E-state index contributed by atoms with van der Waals surface area (Å²) in [6.07, 6.45) is 1.77. The van der Waals surface area contributed by atoms with E-state index in [-0.39, 0.29) is 11.1 Å². The van der Waals surface area contributed by atoms with E-state index in [4.69, 9.17) is 16.0 Å². The number of fused-ring (bicyclic) bond motifs is 3. The fourth-order valence-corrected chi connectivity index (χ4v) is 4.93. The van der Waals surface area contributed by atoms with Crippen LogP contribution in [0.3, 0.4) is 0 Å². The highest BCUT2D eigenvalue weighted by atomic mass is 35.5. The van der Waals surface area contributed by atoms with Gasteiger partial charge in [-0.1, -0.05) is 17.7 Å². The standard InChI is InChI=1S/C21H19ClF3N3O/c22-15-10-14(16-3-1-2-6-26-16)20-19(18(15)21(23,24)25)28-17(29-20)5-4-11-7-12-9-13(8-11)27-12/h1-3,6,10-13,27H,4-5,7-9H2. The molecule has 2 aliphatic heterocycles. The Morgan fingerprint density at radius 3 is 2.59 bits per heavy atom. The van der Waals surface area contributed by atoms with Crippen molar-refractivity contribution in [3.63, 3.8) is 0 Å². The Kier molecular flexibility index (Phi) is 4.55. The van der Waals surface area contributed by atoms with E-state index in [0.29, 0.717) is 41.6 Å². The van der Waals surface area contributed by atoms with Gasteiger partial charge in [-0.15, -0.1) is 0 Å². The largest absolute Gasteiger partial charge is 0.440 e. The molecule has 6 rings (SSSR count). The van der Waals surface area contributed by atoms with E-state index in [1.165, 1.54) is 12.5 Å². The fraction of sp³-hybridized carbons (Fsp3) is 0.429. The highest BCUT2D eigenvalue weighted by Crippen LogP contribution is 2.43. The van der Waals surface area contributed by atoms with E-state index in [2.05, 4.69) is 15.3 Å². The molecule has 152 valence electrons. The molecule has 1 N–H and O–H groups in total. The first kappa shape index (κ1) is 18.9. The van der Waals surface area contributed by atoms with Crippen LogP contribution in [-0.4, -0.2) is 22.1 Å². The summed E-state index contributed by atoms with van der Waals surface area (Å²) < 4.78 is 46.8. The Balaban J connectivity index is 1.52. The zero-order valence-corrected chi connectivity index (χ0v) is 16.2. The molecular formula is C21H19ClF3N3O. The second-order valence-electron chi connectivity index (χ2n) is 7.95. The number of aromatic nitrogens is 2. The van der Waals surface area contributed by atoms with Gasteiger partial charge >= 0.3 is 6.18 Å². The van der Waals surface area contributed by atoms with E-state index in [1.807, 2.05) is 0 Å². The van der Waals surface area contributed by atoms with Gasteiger partial charge in [0.15, 0.2) is 11.5 Å². The number of pyridine rings is 1. The van der Waals surface area contributed by atoms with Crippen molar-refractivity contribution in [3.05, 3.63) is 46.9 Å². The van der Waals surface area contributed by atoms with Crippen LogP contribution in [-0.2, 0) is 12.6 Å². The molecule has 2 aromatic heterocycles. The molecule has 3 aromatic rings. The minimum atomic E-state index is -4.62. The van der Waals surface area contributed by atoms with Gasteiger partial charge in [-0.25, -0.2) is 4.98 Å². The Labute approximate surface area is 170 Å².